The zero-order valence-electron chi connectivity index (χ0n) is 16.2. The Hall–Kier alpha value is -2.71. The maximum atomic E-state index is 13.0. The molecule has 2 aromatic heterocycles. The molecule has 0 saturated carbocycles. The smallest absolute Gasteiger partial charge is 0.247 e. The van der Waals surface area contributed by atoms with Crippen molar-refractivity contribution in [2.24, 2.45) is 0 Å². The Bertz CT molecular complexity index is 1070. The third kappa shape index (κ3) is 3.77. The molecule has 4 rings (SSSR count). The molecule has 1 aliphatic heterocycles. The van der Waals surface area contributed by atoms with Crippen LogP contribution >= 0.6 is 23.1 Å². The number of ether oxygens (including phenoxy) is 1. The molecule has 29 heavy (non-hydrogen) atoms. The molecule has 0 fully saturated rings. The topological polar surface area (TPSA) is 68.2 Å². The molecule has 0 saturated heterocycles. The van der Waals surface area contributed by atoms with E-state index in [0.717, 1.165) is 21.0 Å². The maximum Gasteiger partial charge on any atom is 0.247 e. The van der Waals surface area contributed by atoms with Gasteiger partial charge in [0.1, 0.15) is 0 Å². The van der Waals surface area contributed by atoms with Crippen LogP contribution in [0.5, 0.6) is 5.88 Å². The number of rotatable bonds is 5. The number of thioether (sulfide) groups is 1. The predicted octanol–water partition coefficient (Wildman–Crippen LogP) is 5.02. The Morgan fingerprint density at radius 2 is 2.14 bits per heavy atom. The highest BCUT2D eigenvalue weighted by Gasteiger charge is 2.35. The molecule has 0 N–H and O–H groups in total. The van der Waals surface area contributed by atoms with Crippen molar-refractivity contribution in [2.75, 3.05) is 10.7 Å². The molecule has 6 nitrogen and oxygen atoms in total. The molecule has 3 aromatic rings. The van der Waals surface area contributed by atoms with Crippen molar-refractivity contribution in [3.8, 4) is 17.1 Å². The van der Waals surface area contributed by atoms with Crippen molar-refractivity contribution < 1.29 is 9.53 Å². The fourth-order valence-electron chi connectivity index (χ4n) is 3.12. The van der Waals surface area contributed by atoms with Gasteiger partial charge in [0.15, 0.2) is 5.69 Å². The minimum atomic E-state index is -0.613. The maximum absolute atomic E-state index is 13.0. The Balaban J connectivity index is 1.91. The van der Waals surface area contributed by atoms with Crippen LogP contribution in [0.4, 0.5) is 5.69 Å². The van der Waals surface area contributed by atoms with Gasteiger partial charge in [-0.15, -0.1) is 28.1 Å². The summed E-state index contributed by atoms with van der Waals surface area (Å²) in [6, 6.07) is 11.7. The van der Waals surface area contributed by atoms with Crippen LogP contribution < -0.4 is 9.64 Å². The number of hydrogen-bond donors (Lipinski definition) is 0. The lowest BCUT2D eigenvalue weighted by molar-refractivity contribution is -0.120. The molecule has 0 aliphatic carbocycles. The van der Waals surface area contributed by atoms with Crippen LogP contribution in [0.25, 0.3) is 11.3 Å². The van der Waals surface area contributed by atoms with Crippen LogP contribution in [0.1, 0.15) is 29.3 Å². The van der Waals surface area contributed by atoms with Crippen molar-refractivity contribution in [3.63, 3.8) is 0 Å². The predicted molar refractivity (Wildman–Crippen MR) is 116 cm³/mol. The van der Waals surface area contributed by atoms with Gasteiger partial charge in [-0.1, -0.05) is 43.0 Å². The summed E-state index contributed by atoms with van der Waals surface area (Å²) < 4.78 is 6.36. The summed E-state index contributed by atoms with van der Waals surface area (Å²) >= 11 is 3.03. The molecule has 3 heterocycles. The molecule has 0 unspecified atom stereocenters. The lowest BCUT2D eigenvalue weighted by Crippen LogP contribution is -2.36. The lowest BCUT2D eigenvalue weighted by Gasteiger charge is -2.29. The molecule has 8 heteroatoms. The SMILES string of the molecule is C=CCSc1nnc2c(n1)O[C@H](c1ccc(C)s1)N(C(=O)CC)c1ccccc1-2. The summed E-state index contributed by atoms with van der Waals surface area (Å²) in [6.45, 7) is 7.61. The van der Waals surface area contributed by atoms with E-state index in [-0.39, 0.29) is 5.91 Å². The second-order valence-electron chi connectivity index (χ2n) is 6.40. The van der Waals surface area contributed by atoms with Gasteiger partial charge < -0.3 is 4.74 Å². The monoisotopic (exact) mass is 424 g/mol. The number of anilines is 1. The first-order chi connectivity index (χ1) is 14.1. The van der Waals surface area contributed by atoms with E-state index in [1.54, 1.807) is 22.3 Å². The highest BCUT2D eigenvalue weighted by molar-refractivity contribution is 7.99. The summed E-state index contributed by atoms with van der Waals surface area (Å²) in [6.07, 6.45) is 1.53. The van der Waals surface area contributed by atoms with Crippen LogP contribution in [0.15, 0.2) is 54.2 Å². The van der Waals surface area contributed by atoms with Crippen LogP contribution in [-0.2, 0) is 4.79 Å². The highest BCUT2D eigenvalue weighted by atomic mass is 32.2. The van der Waals surface area contributed by atoms with Gasteiger partial charge in [-0.25, -0.2) is 0 Å². The number of aryl methyl sites for hydroxylation is 1. The number of hydrogen-bond acceptors (Lipinski definition) is 7. The van der Waals surface area contributed by atoms with E-state index in [4.69, 9.17) is 4.74 Å². The molecule has 1 atom stereocenters. The fraction of sp³-hybridized carbons (Fsp3) is 0.238. The van der Waals surface area contributed by atoms with Crippen molar-refractivity contribution in [3.05, 3.63) is 58.8 Å². The number of amides is 1. The van der Waals surface area contributed by atoms with E-state index in [2.05, 4.69) is 21.8 Å². The number of carbonyl (C=O) groups is 1. The first kappa shape index (κ1) is 19.6. The summed E-state index contributed by atoms with van der Waals surface area (Å²) in [5, 5.41) is 9.15. The van der Waals surface area contributed by atoms with Crippen molar-refractivity contribution in [2.45, 2.75) is 31.7 Å². The molecule has 1 aromatic carbocycles. The second kappa shape index (κ2) is 8.34. The largest absolute Gasteiger partial charge is 0.446 e. The summed E-state index contributed by atoms with van der Waals surface area (Å²) in [5.74, 6) is 1.02. The number of para-hydroxylation sites is 1. The van der Waals surface area contributed by atoms with Crippen LogP contribution in [0.2, 0.25) is 0 Å². The minimum absolute atomic E-state index is 0.0319. The van der Waals surface area contributed by atoms with Gasteiger partial charge in [0.2, 0.25) is 23.2 Å². The summed E-state index contributed by atoms with van der Waals surface area (Å²) in [5.41, 5.74) is 2.06. The number of aromatic nitrogens is 3. The van der Waals surface area contributed by atoms with Gasteiger partial charge in [0, 0.05) is 22.6 Å². The van der Waals surface area contributed by atoms with Crippen molar-refractivity contribution >= 4 is 34.7 Å². The zero-order valence-corrected chi connectivity index (χ0v) is 17.8. The summed E-state index contributed by atoms with van der Waals surface area (Å²) in [7, 11) is 0. The second-order valence-corrected chi connectivity index (χ2v) is 8.71. The van der Waals surface area contributed by atoms with Crippen LogP contribution in [0, 0.1) is 6.92 Å². The minimum Gasteiger partial charge on any atom is -0.446 e. The standard InChI is InChI=1S/C21H20N4O2S2/c1-4-12-28-21-22-19-18(23-24-21)14-8-6-7-9-15(14)25(17(26)5-2)20(27-19)16-11-10-13(3)29-16/h4,6-11,20H,1,5,12H2,2-3H3/t20-/m1/s1. The normalized spacial score (nSPS) is 15.1. The van der Waals surface area contributed by atoms with Gasteiger partial charge in [-0.05, 0) is 25.1 Å². The first-order valence-corrected chi connectivity index (χ1v) is 11.1. The van der Waals surface area contributed by atoms with Gasteiger partial charge in [-0.2, -0.15) is 4.98 Å². The van der Waals surface area contributed by atoms with Gasteiger partial charge >= 0.3 is 0 Å². The van der Waals surface area contributed by atoms with E-state index >= 15 is 0 Å². The lowest BCUT2D eigenvalue weighted by atomic mass is 10.1. The van der Waals surface area contributed by atoms with E-state index in [9.17, 15) is 4.79 Å². The Morgan fingerprint density at radius 3 is 2.86 bits per heavy atom. The van der Waals surface area contributed by atoms with Crippen LogP contribution in [0.3, 0.4) is 0 Å². The molecular formula is C21H20N4O2S2. The zero-order chi connectivity index (χ0) is 20.4. The van der Waals surface area contributed by atoms with Gasteiger partial charge in [0.05, 0.1) is 10.6 Å². The third-order valence-corrected chi connectivity index (χ3v) is 6.28. The van der Waals surface area contributed by atoms with Crippen LogP contribution in [-0.4, -0.2) is 26.8 Å². The third-order valence-electron chi connectivity index (χ3n) is 4.42. The van der Waals surface area contributed by atoms with E-state index in [1.807, 2.05) is 50.2 Å². The Kier molecular flexibility index (Phi) is 5.64. The highest BCUT2D eigenvalue weighted by Crippen LogP contribution is 2.44. The number of thiophene rings is 1. The fourth-order valence-corrected chi connectivity index (χ4v) is 4.53. The van der Waals surface area contributed by atoms with Crippen molar-refractivity contribution in [1.82, 2.24) is 15.2 Å². The first-order valence-electron chi connectivity index (χ1n) is 9.25. The molecule has 0 spiro atoms. The number of benzene rings is 1. The number of carbonyl (C=O) groups excluding carboxylic acids is 1. The molecular weight excluding hydrogens is 404 g/mol. The molecule has 1 aliphatic rings. The van der Waals surface area contributed by atoms with E-state index in [0.29, 0.717) is 28.9 Å². The quantitative estimate of drug-likeness (QED) is 0.423. The molecule has 0 bridgehead atoms. The average Bonchev–Trinajstić information content (AvgIpc) is 3.12. The number of fused-ring (bicyclic) bond motifs is 3. The Labute approximate surface area is 177 Å². The summed E-state index contributed by atoms with van der Waals surface area (Å²) in [4.78, 5) is 21.4. The molecule has 148 valence electrons. The number of nitrogens with zero attached hydrogens (tertiary/aromatic N) is 4. The van der Waals surface area contributed by atoms with E-state index < -0.39 is 6.23 Å². The average molecular weight is 425 g/mol. The van der Waals surface area contributed by atoms with E-state index in [1.165, 1.54) is 11.8 Å². The molecule has 1 amide bonds. The van der Waals surface area contributed by atoms with Crippen molar-refractivity contribution in [1.29, 1.82) is 0 Å². The molecule has 0 radical (unpaired) electrons. The van der Waals surface area contributed by atoms with Gasteiger partial charge in [-0.3, -0.25) is 9.69 Å². The Morgan fingerprint density at radius 1 is 1.31 bits per heavy atom. The van der Waals surface area contributed by atoms with Gasteiger partial charge in [0.25, 0.3) is 0 Å².